The number of nitrogens with zero attached hydrogens (tertiary/aromatic N) is 2. The average molecular weight is 410 g/mol. The fraction of sp³-hybridized carbons (Fsp3) is 0.556. The molecule has 4 atom stereocenters. The van der Waals surface area contributed by atoms with Crippen LogP contribution < -0.4 is 0 Å². The first-order valence-electron chi connectivity index (χ1n) is 8.94. The summed E-state index contributed by atoms with van der Waals surface area (Å²) < 4.78 is 29.9. The highest BCUT2D eigenvalue weighted by molar-refractivity contribution is 7.93. The first kappa shape index (κ1) is 20.2. The quantitative estimate of drug-likeness (QED) is 0.541. The maximum Gasteiger partial charge on any atom is 0.328 e. The van der Waals surface area contributed by atoms with E-state index in [0.29, 0.717) is 6.42 Å². The monoisotopic (exact) mass is 410 g/mol. The molecule has 0 radical (unpaired) electrons. The molecule has 2 fully saturated rings. The van der Waals surface area contributed by atoms with Crippen molar-refractivity contribution in [1.82, 2.24) is 9.88 Å². The molecule has 0 spiro atoms. The van der Waals surface area contributed by atoms with Crippen molar-refractivity contribution in [3.63, 3.8) is 0 Å². The number of aromatic nitrogens is 1. The van der Waals surface area contributed by atoms with Crippen LogP contribution in [0.3, 0.4) is 0 Å². The van der Waals surface area contributed by atoms with Crippen LogP contribution in [0.5, 0.6) is 0 Å². The summed E-state index contributed by atoms with van der Waals surface area (Å²) in [7, 11) is -4.04. The van der Waals surface area contributed by atoms with Gasteiger partial charge in [-0.05, 0) is 32.4 Å². The van der Waals surface area contributed by atoms with Crippen molar-refractivity contribution in [1.29, 1.82) is 0 Å². The van der Waals surface area contributed by atoms with E-state index in [1.54, 1.807) is 25.1 Å². The zero-order chi connectivity index (χ0) is 20.9. The van der Waals surface area contributed by atoms with E-state index in [1.807, 2.05) is 0 Å². The number of fused-ring (bicyclic) bond motifs is 1. The van der Waals surface area contributed by atoms with Gasteiger partial charge in [0.2, 0.25) is 5.91 Å². The second-order valence-corrected chi connectivity index (χ2v) is 10.1. The van der Waals surface area contributed by atoms with E-state index in [0.717, 1.165) is 4.90 Å². The third-order valence-corrected chi connectivity index (χ3v) is 8.21. The minimum atomic E-state index is -4.04. The van der Waals surface area contributed by atoms with Gasteiger partial charge in [-0.3, -0.25) is 14.6 Å². The molecule has 28 heavy (non-hydrogen) atoms. The van der Waals surface area contributed by atoms with E-state index in [4.69, 9.17) is 4.74 Å². The van der Waals surface area contributed by atoms with Gasteiger partial charge in [-0.2, -0.15) is 0 Å². The van der Waals surface area contributed by atoms with Crippen LogP contribution in [0.2, 0.25) is 0 Å². The molecule has 2 aliphatic rings. The molecule has 2 aliphatic heterocycles. The Balaban J connectivity index is 2.04. The van der Waals surface area contributed by atoms with Crippen LogP contribution in [0.1, 0.15) is 45.4 Å². The maximum absolute atomic E-state index is 13.1. The van der Waals surface area contributed by atoms with Gasteiger partial charge in [0.1, 0.15) is 12.0 Å². The Morgan fingerprint density at radius 3 is 2.57 bits per heavy atom. The van der Waals surface area contributed by atoms with Crippen LogP contribution >= 0.6 is 0 Å². The van der Waals surface area contributed by atoms with Gasteiger partial charge in [-0.15, -0.1) is 0 Å². The number of hydrogen-bond donors (Lipinski definition) is 1. The summed E-state index contributed by atoms with van der Waals surface area (Å²) in [6.07, 6.45) is 0.875. The van der Waals surface area contributed by atoms with E-state index in [9.17, 15) is 27.9 Å². The Labute approximate surface area is 162 Å². The third-order valence-electron chi connectivity index (χ3n) is 5.36. The first-order valence-corrected chi connectivity index (χ1v) is 10.5. The molecule has 10 heteroatoms. The number of pyridine rings is 1. The van der Waals surface area contributed by atoms with Crippen molar-refractivity contribution in [3.05, 3.63) is 30.1 Å². The molecule has 0 unspecified atom stereocenters. The van der Waals surface area contributed by atoms with Gasteiger partial charge in [0.15, 0.2) is 21.3 Å². The lowest BCUT2D eigenvalue weighted by Gasteiger charge is -2.45. The zero-order valence-electron chi connectivity index (χ0n) is 15.7. The normalized spacial score (nSPS) is 28.2. The highest BCUT2D eigenvalue weighted by atomic mass is 32.2. The predicted molar refractivity (Wildman–Crippen MR) is 96.5 cm³/mol. The molecule has 1 amide bonds. The number of carboxylic acids is 1. The topological polar surface area (TPSA) is 131 Å². The number of β-lactam (4-membered cyclic amide) rings is 1. The molecule has 0 aliphatic carbocycles. The zero-order valence-corrected chi connectivity index (χ0v) is 16.5. The molecule has 152 valence electrons. The summed E-state index contributed by atoms with van der Waals surface area (Å²) in [5.74, 6) is -3.87. The summed E-state index contributed by atoms with van der Waals surface area (Å²) in [4.78, 5) is 41.7. The molecule has 0 aromatic carbocycles. The second-order valence-electron chi connectivity index (χ2n) is 7.47. The Morgan fingerprint density at radius 1 is 1.36 bits per heavy atom. The van der Waals surface area contributed by atoms with Gasteiger partial charge < -0.3 is 14.7 Å². The summed E-state index contributed by atoms with van der Waals surface area (Å²) >= 11 is 0. The number of ether oxygens (including phenoxy) is 1. The van der Waals surface area contributed by atoms with Gasteiger partial charge in [0.05, 0.1) is 10.4 Å². The number of esters is 1. The van der Waals surface area contributed by atoms with Crippen LogP contribution in [0.4, 0.5) is 0 Å². The number of hydrogen-bond acceptors (Lipinski definition) is 7. The summed E-state index contributed by atoms with van der Waals surface area (Å²) in [5, 5.41) is 8.14. The summed E-state index contributed by atoms with van der Waals surface area (Å²) in [6.45, 7) is 4.37. The molecule has 0 bridgehead atoms. The van der Waals surface area contributed by atoms with Crippen LogP contribution in [-0.4, -0.2) is 57.4 Å². The van der Waals surface area contributed by atoms with Crippen molar-refractivity contribution in [3.8, 4) is 0 Å². The Morgan fingerprint density at radius 2 is 2.04 bits per heavy atom. The number of sulfone groups is 1. The second kappa shape index (κ2) is 6.84. The van der Waals surface area contributed by atoms with Gasteiger partial charge >= 0.3 is 11.9 Å². The summed E-state index contributed by atoms with van der Waals surface area (Å²) in [5.41, 5.74) is 0.247. The smallest absolute Gasteiger partial charge is 0.328 e. The van der Waals surface area contributed by atoms with E-state index in [1.165, 1.54) is 20.0 Å². The van der Waals surface area contributed by atoms with Crippen LogP contribution in [0, 0.1) is 5.92 Å². The molecule has 3 rings (SSSR count). The van der Waals surface area contributed by atoms with Gasteiger partial charge in [-0.25, -0.2) is 13.2 Å². The fourth-order valence-corrected chi connectivity index (χ4v) is 6.21. The molecular formula is C18H22N2O7S. The third kappa shape index (κ3) is 2.78. The molecule has 1 N–H and O–H groups in total. The van der Waals surface area contributed by atoms with Crippen molar-refractivity contribution in [2.24, 2.45) is 5.92 Å². The van der Waals surface area contributed by atoms with Crippen LogP contribution in [-0.2, 0) is 29.0 Å². The number of amides is 1. The lowest BCUT2D eigenvalue weighted by Crippen LogP contribution is -2.65. The molecule has 0 saturated carbocycles. The van der Waals surface area contributed by atoms with Crippen LogP contribution in [0.25, 0.3) is 0 Å². The Hall–Kier alpha value is -2.49. The molecule has 1 aromatic heterocycles. The maximum atomic E-state index is 13.1. The number of aliphatic carboxylic acids is 1. The number of carbonyl (C=O) groups is 3. The number of rotatable bonds is 6. The predicted octanol–water partition coefficient (Wildman–Crippen LogP) is 0.911. The van der Waals surface area contributed by atoms with E-state index in [-0.39, 0.29) is 12.1 Å². The standard InChI is InChI=1S/C18H22N2O7S/c1-4-7-11(21)27-13(10-8-5-6-9-19-10)12-15(22)20-14(17(23)24)18(2,3)28(25,26)16(12)20/h5-6,8-9,12-14,16H,4,7H2,1-3H3,(H,23,24)/t12-,13+,14+,16-/m1/s1. The molecular weight excluding hydrogens is 388 g/mol. The minimum absolute atomic E-state index is 0.106. The molecule has 2 saturated heterocycles. The fourth-order valence-electron chi connectivity index (χ4n) is 3.89. The van der Waals surface area contributed by atoms with Gasteiger partial charge in [0, 0.05) is 12.6 Å². The SMILES string of the molecule is CCCC(=O)O[C@@H](c1ccccn1)[C@@H]1C(=O)N2[C@@H](C(=O)O)C(C)(C)S(=O)(=O)[C@H]12. The molecule has 1 aromatic rings. The summed E-state index contributed by atoms with van der Waals surface area (Å²) in [6, 6.07) is 3.32. The van der Waals surface area contributed by atoms with E-state index in [2.05, 4.69) is 4.98 Å². The van der Waals surface area contributed by atoms with Crippen molar-refractivity contribution < 1.29 is 32.6 Å². The van der Waals surface area contributed by atoms with Gasteiger partial charge in [-0.1, -0.05) is 13.0 Å². The largest absolute Gasteiger partial charge is 0.480 e. The van der Waals surface area contributed by atoms with Crippen molar-refractivity contribution >= 4 is 27.7 Å². The molecule has 9 nitrogen and oxygen atoms in total. The average Bonchev–Trinajstić information content (AvgIpc) is 2.76. The van der Waals surface area contributed by atoms with Gasteiger partial charge in [0.25, 0.3) is 0 Å². The minimum Gasteiger partial charge on any atom is -0.480 e. The number of carboxylic acid groups (broad SMARTS) is 1. The molecule has 3 heterocycles. The Bertz CT molecular complexity index is 913. The lowest BCUT2D eigenvalue weighted by atomic mass is 9.86. The van der Waals surface area contributed by atoms with E-state index < -0.39 is 55.9 Å². The highest BCUT2D eigenvalue weighted by Crippen LogP contribution is 2.52. The number of carbonyl (C=O) groups excluding carboxylic acids is 2. The lowest BCUT2D eigenvalue weighted by molar-refractivity contribution is -0.176. The van der Waals surface area contributed by atoms with Crippen LogP contribution in [0.15, 0.2) is 24.4 Å². The van der Waals surface area contributed by atoms with Crippen molar-refractivity contribution in [2.75, 3.05) is 0 Å². The highest BCUT2D eigenvalue weighted by Gasteiger charge is 2.74. The van der Waals surface area contributed by atoms with E-state index >= 15 is 0 Å². The first-order chi connectivity index (χ1) is 13.1. The Kier molecular flexibility index (Phi) is 4.95. The van der Waals surface area contributed by atoms with Crippen molar-refractivity contribution in [2.45, 2.75) is 55.9 Å².